The second-order valence-electron chi connectivity index (χ2n) is 2.93. The maximum atomic E-state index is 8.36. The molecule has 13 heavy (non-hydrogen) atoms. The molecule has 0 aliphatic heterocycles. The summed E-state index contributed by atoms with van der Waals surface area (Å²) in [6.07, 6.45) is 0. The minimum absolute atomic E-state index is 0.0750. The summed E-state index contributed by atoms with van der Waals surface area (Å²) < 4.78 is 5.26. The van der Waals surface area contributed by atoms with Crippen LogP contribution in [0.3, 0.4) is 0 Å². The smallest absolute Gasteiger partial charge is 0.174 e. The van der Waals surface area contributed by atoms with Gasteiger partial charge >= 0.3 is 0 Å². The molecule has 0 aliphatic carbocycles. The molecular weight excluding hydrogens is 164 g/mol. The zero-order valence-corrected chi connectivity index (χ0v) is 7.79. The molecule has 0 radical (unpaired) electrons. The van der Waals surface area contributed by atoms with Crippen molar-refractivity contribution in [2.45, 2.75) is 13.8 Å². The van der Waals surface area contributed by atoms with Crippen LogP contribution in [0.25, 0.3) is 0 Å². The molecule has 0 amide bonds. The first-order chi connectivity index (χ1) is 6.15. The van der Waals surface area contributed by atoms with Crippen molar-refractivity contribution in [3.63, 3.8) is 0 Å². The Bertz CT molecular complexity index is 329. The number of benzene rings is 1. The Morgan fingerprint density at radius 2 is 1.92 bits per heavy atom. The Balaban J connectivity index is 3.00. The third-order valence-corrected chi connectivity index (χ3v) is 1.76. The standard InChI is InChI=1S/C10H12N2O/c1-7-5-9(12)6-8(2)10(7)13-4-3-11/h5-6H,4,12H2,1-2H3. The Labute approximate surface area is 77.7 Å². The van der Waals surface area contributed by atoms with Gasteiger partial charge in [-0.1, -0.05) is 0 Å². The first kappa shape index (κ1) is 9.40. The van der Waals surface area contributed by atoms with Crippen molar-refractivity contribution in [1.82, 2.24) is 0 Å². The summed E-state index contributed by atoms with van der Waals surface area (Å²) in [4.78, 5) is 0. The van der Waals surface area contributed by atoms with Crippen molar-refractivity contribution < 1.29 is 4.74 Å². The van der Waals surface area contributed by atoms with E-state index in [1.165, 1.54) is 0 Å². The van der Waals surface area contributed by atoms with Crippen LogP contribution in [0.15, 0.2) is 12.1 Å². The van der Waals surface area contributed by atoms with Crippen LogP contribution in [0.1, 0.15) is 11.1 Å². The lowest BCUT2D eigenvalue weighted by atomic mass is 10.1. The van der Waals surface area contributed by atoms with Gasteiger partial charge in [0.05, 0.1) is 0 Å². The van der Waals surface area contributed by atoms with E-state index in [0.717, 1.165) is 22.6 Å². The first-order valence-electron chi connectivity index (χ1n) is 4.01. The van der Waals surface area contributed by atoms with Gasteiger partial charge < -0.3 is 10.5 Å². The maximum Gasteiger partial charge on any atom is 0.174 e. The lowest BCUT2D eigenvalue weighted by Gasteiger charge is -2.09. The SMILES string of the molecule is Cc1cc(N)cc(C)c1OCC#N. The van der Waals surface area contributed by atoms with Gasteiger partial charge in [-0.2, -0.15) is 5.26 Å². The number of nitriles is 1. The molecule has 3 heteroatoms. The van der Waals surface area contributed by atoms with Gasteiger partial charge in [-0.25, -0.2) is 0 Å². The van der Waals surface area contributed by atoms with E-state index < -0.39 is 0 Å². The Kier molecular flexibility index (Phi) is 2.76. The summed E-state index contributed by atoms with van der Waals surface area (Å²) in [5.74, 6) is 0.760. The number of nitrogens with two attached hydrogens (primary N) is 1. The van der Waals surface area contributed by atoms with Gasteiger partial charge in [-0.15, -0.1) is 0 Å². The maximum absolute atomic E-state index is 8.36. The number of rotatable bonds is 2. The summed E-state index contributed by atoms with van der Waals surface area (Å²) in [5, 5.41) is 8.36. The highest BCUT2D eigenvalue weighted by Crippen LogP contribution is 2.25. The molecule has 0 saturated heterocycles. The number of nitrogens with zero attached hydrogens (tertiary/aromatic N) is 1. The van der Waals surface area contributed by atoms with E-state index in [-0.39, 0.29) is 6.61 Å². The first-order valence-corrected chi connectivity index (χ1v) is 4.01. The fraction of sp³-hybridized carbons (Fsp3) is 0.300. The summed E-state index contributed by atoms with van der Waals surface area (Å²) in [5.41, 5.74) is 8.29. The minimum atomic E-state index is 0.0750. The molecule has 0 spiro atoms. The predicted octanol–water partition coefficient (Wildman–Crippen LogP) is 1.79. The van der Waals surface area contributed by atoms with Gasteiger partial charge in [0, 0.05) is 5.69 Å². The van der Waals surface area contributed by atoms with Gasteiger partial charge in [0.25, 0.3) is 0 Å². The monoisotopic (exact) mass is 176 g/mol. The molecule has 0 bridgehead atoms. The molecule has 3 nitrogen and oxygen atoms in total. The van der Waals surface area contributed by atoms with E-state index in [4.69, 9.17) is 15.7 Å². The third-order valence-electron chi connectivity index (χ3n) is 1.76. The molecule has 2 N–H and O–H groups in total. The molecule has 0 atom stereocenters. The van der Waals surface area contributed by atoms with Crippen LogP contribution in [0.4, 0.5) is 5.69 Å². The summed E-state index contributed by atoms with van der Waals surface area (Å²) in [7, 11) is 0. The molecule has 1 aromatic carbocycles. The van der Waals surface area contributed by atoms with Crippen LogP contribution in [0.5, 0.6) is 5.75 Å². The zero-order valence-electron chi connectivity index (χ0n) is 7.79. The van der Waals surface area contributed by atoms with E-state index in [0.29, 0.717) is 0 Å². The molecule has 0 aliphatic rings. The second kappa shape index (κ2) is 3.81. The molecule has 1 aromatic rings. The molecule has 1 rings (SSSR count). The number of ether oxygens (including phenoxy) is 1. The minimum Gasteiger partial charge on any atom is -0.478 e. The highest BCUT2D eigenvalue weighted by molar-refractivity contribution is 5.52. The highest BCUT2D eigenvalue weighted by atomic mass is 16.5. The molecule has 0 heterocycles. The zero-order chi connectivity index (χ0) is 9.84. The van der Waals surface area contributed by atoms with E-state index in [9.17, 15) is 0 Å². The van der Waals surface area contributed by atoms with Gasteiger partial charge in [-0.3, -0.25) is 0 Å². The second-order valence-corrected chi connectivity index (χ2v) is 2.93. The van der Waals surface area contributed by atoms with Crippen molar-refractivity contribution in [3.05, 3.63) is 23.3 Å². The average Bonchev–Trinajstić information content (AvgIpc) is 2.02. The van der Waals surface area contributed by atoms with E-state index in [1.54, 1.807) is 0 Å². The molecule has 68 valence electrons. The topological polar surface area (TPSA) is 59.0 Å². The summed E-state index contributed by atoms with van der Waals surface area (Å²) in [6, 6.07) is 5.60. The van der Waals surface area contributed by atoms with Gasteiger partial charge in [0.1, 0.15) is 11.8 Å². The van der Waals surface area contributed by atoms with Crippen LogP contribution in [0, 0.1) is 25.2 Å². The fourth-order valence-corrected chi connectivity index (χ4v) is 1.32. The Hall–Kier alpha value is -1.69. The van der Waals surface area contributed by atoms with E-state index in [1.807, 2.05) is 32.0 Å². The number of aryl methyl sites for hydroxylation is 2. The third kappa shape index (κ3) is 2.12. The Morgan fingerprint density at radius 1 is 1.38 bits per heavy atom. The van der Waals surface area contributed by atoms with Crippen molar-refractivity contribution in [2.24, 2.45) is 0 Å². The molecule has 0 fully saturated rings. The number of anilines is 1. The lowest BCUT2D eigenvalue weighted by molar-refractivity contribution is 0.363. The van der Waals surface area contributed by atoms with Crippen LogP contribution in [-0.4, -0.2) is 6.61 Å². The van der Waals surface area contributed by atoms with Crippen molar-refractivity contribution in [3.8, 4) is 11.8 Å². The van der Waals surface area contributed by atoms with Gasteiger partial charge in [-0.05, 0) is 37.1 Å². The van der Waals surface area contributed by atoms with Crippen LogP contribution < -0.4 is 10.5 Å². The lowest BCUT2D eigenvalue weighted by Crippen LogP contribution is -1.99. The van der Waals surface area contributed by atoms with Crippen molar-refractivity contribution >= 4 is 5.69 Å². The van der Waals surface area contributed by atoms with E-state index in [2.05, 4.69) is 0 Å². The molecular formula is C10H12N2O. The quantitative estimate of drug-likeness (QED) is 0.699. The Morgan fingerprint density at radius 3 is 2.38 bits per heavy atom. The summed E-state index contributed by atoms with van der Waals surface area (Å²) >= 11 is 0. The van der Waals surface area contributed by atoms with Crippen molar-refractivity contribution in [1.29, 1.82) is 5.26 Å². The van der Waals surface area contributed by atoms with Crippen LogP contribution >= 0.6 is 0 Å². The van der Waals surface area contributed by atoms with Crippen LogP contribution in [-0.2, 0) is 0 Å². The molecule has 0 unspecified atom stereocenters. The van der Waals surface area contributed by atoms with Gasteiger partial charge in [0.15, 0.2) is 6.61 Å². The summed E-state index contributed by atoms with van der Waals surface area (Å²) in [6.45, 7) is 3.90. The number of hydrogen-bond acceptors (Lipinski definition) is 3. The average molecular weight is 176 g/mol. The molecule has 0 saturated carbocycles. The number of hydrogen-bond donors (Lipinski definition) is 1. The normalized spacial score (nSPS) is 9.31. The van der Waals surface area contributed by atoms with E-state index >= 15 is 0 Å². The van der Waals surface area contributed by atoms with Crippen LogP contribution in [0.2, 0.25) is 0 Å². The largest absolute Gasteiger partial charge is 0.478 e. The number of nitrogen functional groups attached to an aromatic ring is 1. The fourth-order valence-electron chi connectivity index (χ4n) is 1.32. The van der Waals surface area contributed by atoms with Crippen molar-refractivity contribution in [2.75, 3.05) is 12.3 Å². The predicted molar refractivity (Wildman–Crippen MR) is 51.4 cm³/mol. The van der Waals surface area contributed by atoms with Gasteiger partial charge in [0.2, 0.25) is 0 Å². The molecule has 0 aromatic heterocycles. The highest BCUT2D eigenvalue weighted by Gasteiger charge is 2.04.